The second kappa shape index (κ2) is 5.15. The number of carbonyl (C=O) groups is 1. The van der Waals surface area contributed by atoms with Crippen molar-refractivity contribution in [2.24, 2.45) is 5.92 Å². The molecule has 4 heterocycles. The fourth-order valence-electron chi connectivity index (χ4n) is 3.66. The molecule has 3 aliphatic heterocycles. The van der Waals surface area contributed by atoms with Gasteiger partial charge in [-0.25, -0.2) is 4.98 Å². The lowest BCUT2D eigenvalue weighted by Crippen LogP contribution is -2.57. The van der Waals surface area contributed by atoms with Gasteiger partial charge in [0.05, 0.1) is 23.8 Å². The van der Waals surface area contributed by atoms with Crippen molar-refractivity contribution in [1.82, 2.24) is 20.2 Å². The maximum absolute atomic E-state index is 12.3. The summed E-state index contributed by atoms with van der Waals surface area (Å²) in [6.07, 6.45) is 4.58. The van der Waals surface area contributed by atoms with E-state index in [1.165, 1.54) is 25.9 Å². The highest BCUT2D eigenvalue weighted by molar-refractivity contribution is 5.81. The topological polar surface area (TPSA) is 61.0 Å². The molecule has 0 aliphatic carbocycles. The first-order valence-corrected chi connectivity index (χ1v) is 7.72. The molecule has 2 bridgehead atoms. The number of rotatable bonds is 3. The fraction of sp³-hybridized carbons (Fsp3) is 0.500. The Hall–Kier alpha value is -1.88. The summed E-state index contributed by atoms with van der Waals surface area (Å²) in [4.78, 5) is 22.0. The summed E-state index contributed by atoms with van der Waals surface area (Å²) in [7, 11) is 0. The first-order chi connectivity index (χ1) is 10.3. The summed E-state index contributed by atoms with van der Waals surface area (Å²) in [6.45, 7) is 3.43. The lowest BCUT2D eigenvalue weighted by molar-refractivity contribution is -0.122. The van der Waals surface area contributed by atoms with Crippen LogP contribution in [0.1, 0.15) is 18.4 Å². The van der Waals surface area contributed by atoms with Gasteiger partial charge in [-0.05, 0) is 49.5 Å². The molecule has 2 aromatic rings. The molecule has 0 radical (unpaired) electrons. The predicted molar refractivity (Wildman–Crippen MR) is 80.9 cm³/mol. The maximum Gasteiger partial charge on any atom is 0.224 e. The van der Waals surface area contributed by atoms with E-state index in [-0.39, 0.29) is 5.91 Å². The van der Waals surface area contributed by atoms with Crippen LogP contribution < -0.4 is 5.32 Å². The highest BCUT2D eigenvalue weighted by Crippen LogP contribution is 2.27. The summed E-state index contributed by atoms with van der Waals surface area (Å²) >= 11 is 0. The van der Waals surface area contributed by atoms with Gasteiger partial charge in [0.25, 0.3) is 0 Å². The molecule has 1 aromatic carbocycles. The zero-order chi connectivity index (χ0) is 14.2. The van der Waals surface area contributed by atoms with E-state index >= 15 is 0 Å². The number of fused-ring (bicyclic) bond motifs is 4. The number of hydrogen-bond acceptors (Lipinski definition) is 3. The molecular weight excluding hydrogens is 264 g/mol. The molecule has 5 heteroatoms. The van der Waals surface area contributed by atoms with E-state index in [1.54, 1.807) is 6.33 Å². The zero-order valence-electron chi connectivity index (χ0n) is 12.0. The third-order valence-corrected chi connectivity index (χ3v) is 4.85. The standard InChI is InChI=1S/C16H20N4O/c21-16(19-15-9-20-5-3-12(15)4-6-20)8-11-1-2-13-14(7-11)18-10-17-13/h1-2,7,10,12,15H,3-6,8-9H2,(H,17,18)(H,19,21)/t15-/m0/s1. The third kappa shape index (κ3) is 2.53. The number of H-pyrrole nitrogens is 1. The van der Waals surface area contributed by atoms with Crippen molar-refractivity contribution in [3.05, 3.63) is 30.1 Å². The Morgan fingerprint density at radius 3 is 3.00 bits per heavy atom. The lowest BCUT2D eigenvalue weighted by atomic mass is 9.84. The molecule has 5 nitrogen and oxygen atoms in total. The van der Waals surface area contributed by atoms with Gasteiger partial charge in [0.15, 0.2) is 0 Å². The first kappa shape index (κ1) is 12.8. The van der Waals surface area contributed by atoms with Gasteiger partial charge in [0, 0.05) is 12.6 Å². The molecule has 3 saturated heterocycles. The Labute approximate surface area is 123 Å². The average Bonchev–Trinajstić information content (AvgIpc) is 2.96. The maximum atomic E-state index is 12.3. The number of benzene rings is 1. The van der Waals surface area contributed by atoms with Crippen molar-refractivity contribution >= 4 is 16.9 Å². The Morgan fingerprint density at radius 2 is 2.24 bits per heavy atom. The Bertz CT molecular complexity index is 657. The SMILES string of the molecule is O=C(Cc1ccc2nc[nH]c2c1)N[C@H]1CN2CCC1CC2. The summed E-state index contributed by atoms with van der Waals surface area (Å²) in [5.74, 6) is 0.807. The van der Waals surface area contributed by atoms with Crippen LogP contribution in [0.3, 0.4) is 0 Å². The van der Waals surface area contributed by atoms with E-state index in [9.17, 15) is 4.79 Å². The number of aromatic nitrogens is 2. The van der Waals surface area contributed by atoms with Crippen LogP contribution in [0, 0.1) is 5.92 Å². The summed E-state index contributed by atoms with van der Waals surface area (Å²) < 4.78 is 0. The number of nitrogens with one attached hydrogen (secondary N) is 2. The number of amides is 1. The molecule has 0 saturated carbocycles. The van der Waals surface area contributed by atoms with Gasteiger partial charge in [-0.2, -0.15) is 0 Å². The summed E-state index contributed by atoms with van der Waals surface area (Å²) in [5.41, 5.74) is 2.96. The van der Waals surface area contributed by atoms with Crippen LogP contribution in [0.15, 0.2) is 24.5 Å². The summed E-state index contributed by atoms with van der Waals surface area (Å²) in [5, 5.41) is 3.23. The highest BCUT2D eigenvalue weighted by atomic mass is 16.1. The number of imidazole rings is 1. The van der Waals surface area contributed by atoms with E-state index in [0.717, 1.165) is 23.1 Å². The van der Waals surface area contributed by atoms with Crippen molar-refractivity contribution in [2.45, 2.75) is 25.3 Å². The summed E-state index contributed by atoms with van der Waals surface area (Å²) in [6, 6.07) is 6.30. The van der Waals surface area contributed by atoms with Gasteiger partial charge in [0.1, 0.15) is 0 Å². The average molecular weight is 284 g/mol. The molecule has 5 rings (SSSR count). The molecule has 1 aromatic heterocycles. The van der Waals surface area contributed by atoms with Gasteiger partial charge in [0.2, 0.25) is 5.91 Å². The van der Waals surface area contributed by atoms with E-state index in [0.29, 0.717) is 18.4 Å². The van der Waals surface area contributed by atoms with Crippen LogP contribution in [-0.4, -0.2) is 46.5 Å². The second-order valence-electron chi connectivity index (χ2n) is 6.24. The second-order valence-corrected chi connectivity index (χ2v) is 6.24. The Kier molecular flexibility index (Phi) is 3.15. The molecule has 3 fully saturated rings. The molecule has 0 spiro atoms. The van der Waals surface area contributed by atoms with Crippen LogP contribution in [0.5, 0.6) is 0 Å². The molecule has 0 unspecified atom stereocenters. The van der Waals surface area contributed by atoms with Crippen molar-refractivity contribution in [3.63, 3.8) is 0 Å². The normalized spacial score (nSPS) is 27.9. The molecular formula is C16H20N4O. The molecule has 21 heavy (non-hydrogen) atoms. The van der Waals surface area contributed by atoms with Gasteiger partial charge >= 0.3 is 0 Å². The number of carbonyl (C=O) groups excluding carboxylic acids is 1. The first-order valence-electron chi connectivity index (χ1n) is 7.72. The van der Waals surface area contributed by atoms with Gasteiger partial charge < -0.3 is 15.2 Å². The van der Waals surface area contributed by atoms with Crippen molar-refractivity contribution in [1.29, 1.82) is 0 Å². The van der Waals surface area contributed by atoms with Crippen molar-refractivity contribution in [2.75, 3.05) is 19.6 Å². The smallest absolute Gasteiger partial charge is 0.224 e. The highest BCUT2D eigenvalue weighted by Gasteiger charge is 2.34. The zero-order valence-corrected chi connectivity index (χ0v) is 12.0. The minimum atomic E-state index is 0.132. The minimum absolute atomic E-state index is 0.132. The molecule has 1 amide bonds. The quantitative estimate of drug-likeness (QED) is 0.893. The number of nitrogens with zero attached hydrogens (tertiary/aromatic N) is 2. The molecule has 2 N–H and O–H groups in total. The molecule has 1 atom stereocenters. The number of aromatic amines is 1. The largest absolute Gasteiger partial charge is 0.352 e. The monoisotopic (exact) mass is 284 g/mol. The van der Waals surface area contributed by atoms with Crippen LogP contribution in [0.2, 0.25) is 0 Å². The predicted octanol–water partition coefficient (Wildman–Crippen LogP) is 1.32. The van der Waals surface area contributed by atoms with Crippen LogP contribution in [0.25, 0.3) is 11.0 Å². The van der Waals surface area contributed by atoms with Crippen LogP contribution >= 0.6 is 0 Å². The van der Waals surface area contributed by atoms with Gasteiger partial charge in [-0.15, -0.1) is 0 Å². The fourth-order valence-corrected chi connectivity index (χ4v) is 3.66. The number of piperidine rings is 3. The number of hydrogen-bond donors (Lipinski definition) is 2. The van der Waals surface area contributed by atoms with E-state index < -0.39 is 0 Å². The van der Waals surface area contributed by atoms with Gasteiger partial charge in [-0.3, -0.25) is 4.79 Å². The van der Waals surface area contributed by atoms with Crippen LogP contribution in [-0.2, 0) is 11.2 Å². The van der Waals surface area contributed by atoms with Crippen LogP contribution in [0.4, 0.5) is 0 Å². The van der Waals surface area contributed by atoms with Gasteiger partial charge in [-0.1, -0.05) is 6.07 Å². The van der Waals surface area contributed by atoms with E-state index in [4.69, 9.17) is 0 Å². The van der Waals surface area contributed by atoms with E-state index in [2.05, 4.69) is 20.2 Å². The Morgan fingerprint density at radius 1 is 1.38 bits per heavy atom. The van der Waals surface area contributed by atoms with E-state index in [1.807, 2.05) is 18.2 Å². The minimum Gasteiger partial charge on any atom is -0.352 e. The molecule has 110 valence electrons. The van der Waals surface area contributed by atoms with Crippen molar-refractivity contribution in [3.8, 4) is 0 Å². The molecule has 3 aliphatic rings. The Balaban J connectivity index is 1.41. The lowest BCUT2D eigenvalue weighted by Gasteiger charge is -2.44. The third-order valence-electron chi connectivity index (χ3n) is 4.85. The van der Waals surface area contributed by atoms with Crippen molar-refractivity contribution < 1.29 is 4.79 Å².